The van der Waals surface area contributed by atoms with Gasteiger partial charge in [0, 0.05) is 12.2 Å². The van der Waals surface area contributed by atoms with Gasteiger partial charge in [-0.15, -0.1) is 0 Å². The van der Waals surface area contributed by atoms with E-state index in [0.29, 0.717) is 23.8 Å². The maximum absolute atomic E-state index is 11.1. The maximum atomic E-state index is 11.1. The molecule has 0 radical (unpaired) electrons. The van der Waals surface area contributed by atoms with Crippen molar-refractivity contribution in [3.63, 3.8) is 0 Å². The second-order valence-electron chi connectivity index (χ2n) is 5.76. The van der Waals surface area contributed by atoms with Crippen LogP contribution in [-0.2, 0) is 0 Å². The number of nitrogens with two attached hydrogens (primary N) is 1. The van der Waals surface area contributed by atoms with Crippen LogP contribution in [-0.4, -0.2) is 17.6 Å². The average molecular weight is 250 g/mol. The average Bonchev–Trinajstić information content (AvgIpc) is 2.24. The smallest absolute Gasteiger partial charge is 0.337 e. The molecule has 18 heavy (non-hydrogen) atoms. The molecule has 4 heteroatoms. The lowest BCUT2D eigenvalue weighted by Crippen LogP contribution is -2.25. The zero-order chi connectivity index (χ0) is 13.9. The Bertz CT molecular complexity index is 436. The highest BCUT2D eigenvalue weighted by Gasteiger charge is 2.20. The number of carboxylic acids is 1. The highest BCUT2D eigenvalue weighted by Crippen LogP contribution is 2.26. The van der Waals surface area contributed by atoms with Crippen LogP contribution in [0.1, 0.15) is 38.1 Å². The highest BCUT2D eigenvalue weighted by molar-refractivity contribution is 5.95. The van der Waals surface area contributed by atoms with Crippen molar-refractivity contribution in [3.05, 3.63) is 23.8 Å². The molecule has 1 atom stereocenters. The lowest BCUT2D eigenvalue weighted by Gasteiger charge is -2.28. The number of anilines is 2. The van der Waals surface area contributed by atoms with Crippen LogP contribution in [0.4, 0.5) is 11.4 Å². The minimum atomic E-state index is -0.944. The summed E-state index contributed by atoms with van der Waals surface area (Å²) >= 11 is 0. The first kappa shape index (κ1) is 14.4. The van der Waals surface area contributed by atoms with E-state index >= 15 is 0 Å². The van der Waals surface area contributed by atoms with E-state index in [1.807, 2.05) is 0 Å². The summed E-state index contributed by atoms with van der Waals surface area (Å²) in [7, 11) is 0. The van der Waals surface area contributed by atoms with Gasteiger partial charge in [-0.3, -0.25) is 0 Å². The van der Waals surface area contributed by atoms with Gasteiger partial charge >= 0.3 is 5.97 Å². The van der Waals surface area contributed by atoms with Crippen molar-refractivity contribution in [3.8, 4) is 0 Å². The van der Waals surface area contributed by atoms with Crippen molar-refractivity contribution in [2.24, 2.45) is 11.3 Å². The molecule has 4 nitrogen and oxygen atoms in total. The molecule has 0 bridgehead atoms. The van der Waals surface area contributed by atoms with Gasteiger partial charge in [0.2, 0.25) is 0 Å². The SMILES string of the molecule is CC(CNc1cc(N)ccc1C(=O)O)C(C)(C)C. The van der Waals surface area contributed by atoms with E-state index in [4.69, 9.17) is 10.8 Å². The Kier molecular flexibility index (Phi) is 4.22. The fourth-order valence-electron chi connectivity index (χ4n) is 1.46. The summed E-state index contributed by atoms with van der Waals surface area (Å²) in [5.74, 6) is -0.526. The number of hydrogen-bond donors (Lipinski definition) is 3. The van der Waals surface area contributed by atoms with Crippen LogP contribution in [0.25, 0.3) is 0 Å². The number of rotatable bonds is 4. The van der Waals surface area contributed by atoms with E-state index in [1.54, 1.807) is 12.1 Å². The van der Waals surface area contributed by atoms with Gasteiger partial charge in [0.1, 0.15) is 0 Å². The molecule has 0 aromatic heterocycles. The summed E-state index contributed by atoms with van der Waals surface area (Å²) in [5, 5.41) is 12.3. The summed E-state index contributed by atoms with van der Waals surface area (Å²) in [6.07, 6.45) is 0. The molecule has 1 aromatic rings. The fourth-order valence-corrected chi connectivity index (χ4v) is 1.46. The maximum Gasteiger partial charge on any atom is 0.337 e. The van der Waals surface area contributed by atoms with Gasteiger partial charge in [-0.1, -0.05) is 27.7 Å². The molecule has 1 rings (SSSR count). The van der Waals surface area contributed by atoms with E-state index in [9.17, 15) is 4.79 Å². The standard InChI is InChI=1S/C14H22N2O2/c1-9(14(2,3)4)8-16-12-7-10(15)5-6-11(12)13(17)18/h5-7,9,16H,8,15H2,1-4H3,(H,17,18). The van der Waals surface area contributed by atoms with Gasteiger partial charge in [-0.05, 0) is 29.5 Å². The number of carboxylic acid groups (broad SMARTS) is 1. The molecule has 0 heterocycles. The minimum absolute atomic E-state index is 0.177. The van der Waals surface area contributed by atoms with Crippen molar-refractivity contribution in [1.82, 2.24) is 0 Å². The third-order valence-corrected chi connectivity index (χ3v) is 3.35. The van der Waals surface area contributed by atoms with E-state index in [1.165, 1.54) is 6.07 Å². The number of nitrogens with one attached hydrogen (secondary N) is 1. The van der Waals surface area contributed by atoms with Crippen LogP contribution < -0.4 is 11.1 Å². The Hall–Kier alpha value is -1.71. The summed E-state index contributed by atoms with van der Waals surface area (Å²) in [6, 6.07) is 4.79. The quantitative estimate of drug-likeness (QED) is 0.718. The largest absolute Gasteiger partial charge is 0.478 e. The monoisotopic (exact) mass is 250 g/mol. The molecule has 0 fully saturated rings. The fraction of sp³-hybridized carbons (Fsp3) is 0.500. The van der Waals surface area contributed by atoms with Crippen LogP contribution in [0.2, 0.25) is 0 Å². The summed E-state index contributed by atoms with van der Waals surface area (Å²) in [4.78, 5) is 11.1. The number of carbonyl (C=O) groups is 1. The van der Waals surface area contributed by atoms with E-state index in [2.05, 4.69) is 33.0 Å². The van der Waals surface area contributed by atoms with E-state index in [-0.39, 0.29) is 11.0 Å². The Balaban J connectivity index is 2.84. The lowest BCUT2D eigenvalue weighted by atomic mass is 9.82. The molecule has 0 aliphatic carbocycles. The molecule has 1 unspecified atom stereocenters. The van der Waals surface area contributed by atoms with E-state index < -0.39 is 5.97 Å². The summed E-state index contributed by atoms with van der Waals surface area (Å²) < 4.78 is 0. The lowest BCUT2D eigenvalue weighted by molar-refractivity contribution is 0.0698. The molecule has 0 saturated heterocycles. The number of nitrogen functional groups attached to an aromatic ring is 1. The molecule has 4 N–H and O–H groups in total. The van der Waals surface area contributed by atoms with Crippen molar-refractivity contribution in [1.29, 1.82) is 0 Å². The molecule has 100 valence electrons. The van der Waals surface area contributed by atoms with Crippen LogP contribution >= 0.6 is 0 Å². The van der Waals surface area contributed by atoms with Crippen molar-refractivity contribution in [2.45, 2.75) is 27.7 Å². The normalized spacial score (nSPS) is 13.1. The van der Waals surface area contributed by atoms with Gasteiger partial charge in [-0.25, -0.2) is 4.79 Å². The molecule has 0 aliphatic heterocycles. The predicted molar refractivity (Wildman–Crippen MR) is 74.9 cm³/mol. The molecule has 0 aliphatic rings. The second kappa shape index (κ2) is 5.29. The Morgan fingerprint density at radius 3 is 2.56 bits per heavy atom. The number of hydrogen-bond acceptors (Lipinski definition) is 3. The van der Waals surface area contributed by atoms with Crippen molar-refractivity contribution in [2.75, 3.05) is 17.6 Å². The first-order valence-electron chi connectivity index (χ1n) is 6.08. The minimum Gasteiger partial charge on any atom is -0.478 e. The van der Waals surface area contributed by atoms with Crippen LogP contribution in [0.15, 0.2) is 18.2 Å². The van der Waals surface area contributed by atoms with Gasteiger partial charge in [0.25, 0.3) is 0 Å². The number of aromatic carboxylic acids is 1. The molecule has 0 saturated carbocycles. The zero-order valence-electron chi connectivity index (χ0n) is 11.4. The molecule has 0 amide bonds. The number of benzene rings is 1. The van der Waals surface area contributed by atoms with Crippen LogP contribution in [0.3, 0.4) is 0 Å². The second-order valence-corrected chi connectivity index (χ2v) is 5.76. The Morgan fingerprint density at radius 2 is 2.06 bits per heavy atom. The predicted octanol–water partition coefficient (Wildman–Crippen LogP) is 3.06. The third kappa shape index (κ3) is 3.65. The first-order valence-corrected chi connectivity index (χ1v) is 6.08. The van der Waals surface area contributed by atoms with Crippen LogP contribution in [0.5, 0.6) is 0 Å². The summed E-state index contributed by atoms with van der Waals surface area (Å²) in [5.41, 5.74) is 7.26. The Labute approximate surface area is 108 Å². The third-order valence-electron chi connectivity index (χ3n) is 3.35. The molecule has 0 spiro atoms. The van der Waals surface area contributed by atoms with E-state index in [0.717, 1.165) is 0 Å². The van der Waals surface area contributed by atoms with Gasteiger partial charge in [0.15, 0.2) is 0 Å². The molecule has 1 aromatic carbocycles. The van der Waals surface area contributed by atoms with Gasteiger partial charge < -0.3 is 16.2 Å². The first-order chi connectivity index (χ1) is 8.21. The Morgan fingerprint density at radius 1 is 1.44 bits per heavy atom. The highest BCUT2D eigenvalue weighted by atomic mass is 16.4. The zero-order valence-corrected chi connectivity index (χ0v) is 11.4. The van der Waals surface area contributed by atoms with Gasteiger partial charge in [-0.2, -0.15) is 0 Å². The van der Waals surface area contributed by atoms with Crippen molar-refractivity contribution < 1.29 is 9.90 Å². The summed E-state index contributed by atoms with van der Waals surface area (Å²) in [6.45, 7) is 9.34. The van der Waals surface area contributed by atoms with Crippen molar-refractivity contribution >= 4 is 17.3 Å². The van der Waals surface area contributed by atoms with Gasteiger partial charge in [0.05, 0.1) is 11.3 Å². The molecular weight excluding hydrogens is 228 g/mol. The topological polar surface area (TPSA) is 75.3 Å². The molecular formula is C14H22N2O2. The van der Waals surface area contributed by atoms with Crippen LogP contribution in [0, 0.1) is 11.3 Å².